The molecule has 190 valence electrons. The zero-order valence-corrected chi connectivity index (χ0v) is 21.7. The smallest absolute Gasteiger partial charge is 0.270 e. The van der Waals surface area contributed by atoms with Gasteiger partial charge in [0.1, 0.15) is 28.9 Å². The van der Waals surface area contributed by atoms with Gasteiger partial charge in [-0.3, -0.25) is 9.59 Å². The van der Waals surface area contributed by atoms with E-state index in [0.29, 0.717) is 36.0 Å². The molecule has 3 aromatic rings. The normalized spacial score (nSPS) is 15.0. The number of benzene rings is 2. The summed E-state index contributed by atoms with van der Waals surface area (Å²) in [5.74, 6) is 0.508. The number of nitrogens with zero attached hydrogens (tertiary/aromatic N) is 2. The van der Waals surface area contributed by atoms with Crippen LogP contribution in [0.1, 0.15) is 71.8 Å². The van der Waals surface area contributed by atoms with Gasteiger partial charge >= 0.3 is 0 Å². The van der Waals surface area contributed by atoms with Gasteiger partial charge in [-0.25, -0.2) is 9.37 Å². The van der Waals surface area contributed by atoms with E-state index in [2.05, 4.69) is 10.3 Å². The van der Waals surface area contributed by atoms with Crippen molar-refractivity contribution in [2.45, 2.75) is 52.7 Å². The van der Waals surface area contributed by atoms with Crippen LogP contribution in [0.3, 0.4) is 0 Å². The van der Waals surface area contributed by atoms with Gasteiger partial charge in [0.05, 0.1) is 6.04 Å². The Balaban J connectivity index is 1.56. The number of ether oxygens (including phenoxy) is 1. The lowest BCUT2D eigenvalue weighted by Gasteiger charge is -2.38. The molecular formula is C28H32FN3O3S. The van der Waals surface area contributed by atoms with Crippen LogP contribution in [0, 0.1) is 11.7 Å². The highest BCUT2D eigenvalue weighted by Crippen LogP contribution is 2.38. The molecule has 1 atom stereocenters. The first-order valence-corrected chi connectivity index (χ1v) is 13.3. The van der Waals surface area contributed by atoms with E-state index < -0.39 is 0 Å². The number of nitrogens with one attached hydrogen (secondary N) is 1. The van der Waals surface area contributed by atoms with Gasteiger partial charge < -0.3 is 15.0 Å². The monoisotopic (exact) mass is 509 g/mol. The highest BCUT2D eigenvalue weighted by atomic mass is 32.1. The van der Waals surface area contributed by atoms with Crippen molar-refractivity contribution in [3.05, 3.63) is 81.1 Å². The summed E-state index contributed by atoms with van der Waals surface area (Å²) in [5.41, 5.74) is 3.40. The topological polar surface area (TPSA) is 71.5 Å². The summed E-state index contributed by atoms with van der Waals surface area (Å²) in [7, 11) is 0. The Kier molecular flexibility index (Phi) is 8.36. The van der Waals surface area contributed by atoms with Crippen LogP contribution in [-0.2, 0) is 17.8 Å². The van der Waals surface area contributed by atoms with Crippen molar-refractivity contribution in [3.8, 4) is 5.75 Å². The number of aromatic nitrogens is 1. The van der Waals surface area contributed by atoms with Crippen molar-refractivity contribution in [2.24, 2.45) is 5.92 Å². The summed E-state index contributed by atoms with van der Waals surface area (Å²) in [6, 6.07) is 12.0. The number of carbonyl (C=O) groups is 2. The second-order valence-corrected chi connectivity index (χ2v) is 10.4. The molecule has 0 saturated carbocycles. The first-order valence-electron chi connectivity index (χ1n) is 12.4. The Labute approximate surface area is 215 Å². The number of rotatable bonds is 9. The van der Waals surface area contributed by atoms with Crippen LogP contribution in [0.15, 0.2) is 47.8 Å². The zero-order chi connectivity index (χ0) is 25.7. The van der Waals surface area contributed by atoms with E-state index in [1.165, 1.54) is 23.5 Å². The van der Waals surface area contributed by atoms with Gasteiger partial charge in [0.2, 0.25) is 5.91 Å². The Morgan fingerprint density at radius 2 is 2.00 bits per heavy atom. The molecule has 0 radical (unpaired) electrons. The third-order valence-electron chi connectivity index (χ3n) is 6.12. The van der Waals surface area contributed by atoms with Crippen molar-refractivity contribution >= 4 is 23.2 Å². The van der Waals surface area contributed by atoms with Crippen molar-refractivity contribution < 1.29 is 18.7 Å². The molecule has 0 unspecified atom stereocenters. The van der Waals surface area contributed by atoms with Gasteiger partial charge in [0, 0.05) is 24.9 Å². The minimum atomic E-state index is -0.308. The number of amides is 2. The molecule has 2 heterocycles. The third kappa shape index (κ3) is 6.10. The lowest BCUT2D eigenvalue weighted by Crippen LogP contribution is -2.41. The Hall–Kier alpha value is -3.26. The maximum atomic E-state index is 13.7. The van der Waals surface area contributed by atoms with E-state index in [0.717, 1.165) is 29.5 Å². The van der Waals surface area contributed by atoms with Gasteiger partial charge in [-0.15, -0.1) is 11.3 Å². The van der Waals surface area contributed by atoms with Gasteiger partial charge in [-0.2, -0.15) is 0 Å². The number of carbonyl (C=O) groups excluding carboxylic acids is 2. The summed E-state index contributed by atoms with van der Waals surface area (Å²) >= 11 is 1.38. The molecule has 2 amide bonds. The molecule has 1 aromatic heterocycles. The first-order chi connectivity index (χ1) is 17.4. The molecule has 8 heteroatoms. The average molecular weight is 510 g/mol. The maximum Gasteiger partial charge on any atom is 0.270 e. The molecule has 1 aliphatic heterocycles. The minimum Gasteiger partial charge on any atom is -0.486 e. The average Bonchev–Trinajstić information content (AvgIpc) is 3.34. The number of thiazole rings is 1. The number of halogens is 1. The first kappa shape index (κ1) is 25.8. The van der Waals surface area contributed by atoms with E-state index in [1.807, 2.05) is 43.9 Å². The fourth-order valence-corrected chi connectivity index (χ4v) is 5.06. The van der Waals surface area contributed by atoms with E-state index in [-0.39, 0.29) is 36.2 Å². The number of hydrogen-bond donors (Lipinski definition) is 1. The molecular weight excluding hydrogens is 477 g/mol. The predicted octanol–water partition coefficient (Wildman–Crippen LogP) is 5.52. The summed E-state index contributed by atoms with van der Waals surface area (Å²) in [4.78, 5) is 31.6. The van der Waals surface area contributed by atoms with E-state index in [1.54, 1.807) is 17.5 Å². The van der Waals surface area contributed by atoms with Crippen LogP contribution >= 0.6 is 11.3 Å². The predicted molar refractivity (Wildman–Crippen MR) is 139 cm³/mol. The fourth-order valence-electron chi connectivity index (χ4n) is 4.38. The molecule has 4 rings (SSSR count). The van der Waals surface area contributed by atoms with Gasteiger partial charge in [-0.05, 0) is 59.7 Å². The largest absolute Gasteiger partial charge is 0.486 e. The van der Waals surface area contributed by atoms with Gasteiger partial charge in [0.15, 0.2) is 0 Å². The van der Waals surface area contributed by atoms with Gasteiger partial charge in [-0.1, -0.05) is 39.0 Å². The Morgan fingerprint density at radius 3 is 2.72 bits per heavy atom. The zero-order valence-electron chi connectivity index (χ0n) is 20.9. The van der Waals surface area contributed by atoms with Crippen molar-refractivity contribution in [1.82, 2.24) is 15.2 Å². The fraction of sp³-hybridized carbons (Fsp3) is 0.393. The highest BCUT2D eigenvalue weighted by Gasteiger charge is 2.32. The van der Waals surface area contributed by atoms with E-state index in [9.17, 15) is 14.0 Å². The lowest BCUT2D eigenvalue weighted by atomic mass is 9.87. The second-order valence-electron chi connectivity index (χ2n) is 9.42. The van der Waals surface area contributed by atoms with Crippen molar-refractivity contribution in [3.63, 3.8) is 0 Å². The molecule has 0 bridgehead atoms. The highest BCUT2D eigenvalue weighted by molar-refractivity contribution is 7.09. The molecule has 36 heavy (non-hydrogen) atoms. The van der Waals surface area contributed by atoms with E-state index >= 15 is 0 Å². The van der Waals surface area contributed by atoms with E-state index in [4.69, 9.17) is 4.74 Å². The quantitative estimate of drug-likeness (QED) is 0.412. The summed E-state index contributed by atoms with van der Waals surface area (Å²) in [5, 5.41) is 5.27. The number of hydrogen-bond acceptors (Lipinski definition) is 5. The molecule has 0 aliphatic carbocycles. The molecule has 0 spiro atoms. The number of fused-ring (bicyclic) bond motifs is 1. The van der Waals surface area contributed by atoms with Crippen LogP contribution in [0.25, 0.3) is 0 Å². The van der Waals surface area contributed by atoms with Crippen molar-refractivity contribution in [2.75, 3.05) is 13.1 Å². The molecule has 6 nitrogen and oxygen atoms in total. The Bertz CT molecular complexity index is 1210. The van der Waals surface area contributed by atoms with Crippen LogP contribution in [-0.4, -0.2) is 34.8 Å². The molecule has 1 aliphatic rings. The van der Waals surface area contributed by atoms with Crippen LogP contribution in [0.4, 0.5) is 4.39 Å². The SMILES string of the molecule is CCCNC(=O)c1csc(COc2ccc3c(c2)[C@@H](c2ccc(F)cc2)N(C(=O)CC(C)C)CC3)n1. The third-order valence-corrected chi connectivity index (χ3v) is 6.94. The standard InChI is InChI=1S/C28H32FN3O3S/c1-4-12-30-28(34)24-17-36-25(31-24)16-35-22-10-7-19-11-13-32(26(33)14-18(2)3)27(23(19)15-22)20-5-8-21(29)9-6-20/h5-10,15,17-18,27H,4,11-14,16H2,1-3H3,(H,30,34)/t27-/m1/s1. The molecule has 0 fully saturated rings. The summed E-state index contributed by atoms with van der Waals surface area (Å²) < 4.78 is 19.7. The summed E-state index contributed by atoms with van der Waals surface area (Å²) in [6.45, 7) is 7.53. The second kappa shape index (κ2) is 11.6. The van der Waals surface area contributed by atoms with Gasteiger partial charge in [0.25, 0.3) is 5.91 Å². The summed E-state index contributed by atoms with van der Waals surface area (Å²) in [6.07, 6.45) is 2.07. The van der Waals surface area contributed by atoms with Crippen LogP contribution in [0.2, 0.25) is 0 Å². The lowest BCUT2D eigenvalue weighted by molar-refractivity contribution is -0.134. The Morgan fingerprint density at radius 1 is 1.22 bits per heavy atom. The maximum absolute atomic E-state index is 13.7. The minimum absolute atomic E-state index is 0.0907. The molecule has 2 aromatic carbocycles. The van der Waals surface area contributed by atoms with Crippen LogP contribution < -0.4 is 10.1 Å². The van der Waals surface area contributed by atoms with Crippen molar-refractivity contribution in [1.29, 1.82) is 0 Å². The molecule has 0 saturated heterocycles. The van der Waals surface area contributed by atoms with Crippen LogP contribution in [0.5, 0.6) is 5.75 Å². The molecule has 1 N–H and O–H groups in total.